The van der Waals surface area contributed by atoms with Crippen molar-refractivity contribution >= 4 is 5.97 Å². The van der Waals surface area contributed by atoms with Crippen LogP contribution in [0.4, 0.5) is 0 Å². The van der Waals surface area contributed by atoms with E-state index in [0.29, 0.717) is 6.61 Å². The predicted molar refractivity (Wildman–Crippen MR) is 22.3 cm³/mol. The zero-order valence-electron chi connectivity index (χ0n) is 4.40. The molecular formula is C4H8ClO2-. The van der Waals surface area contributed by atoms with E-state index in [1.165, 1.54) is 6.92 Å². The van der Waals surface area contributed by atoms with Gasteiger partial charge in [-0.3, -0.25) is 4.79 Å². The summed E-state index contributed by atoms with van der Waals surface area (Å²) in [5.41, 5.74) is 0. The minimum Gasteiger partial charge on any atom is -1.00 e. The van der Waals surface area contributed by atoms with Gasteiger partial charge in [-0.05, 0) is 6.92 Å². The molecule has 7 heavy (non-hydrogen) atoms. The van der Waals surface area contributed by atoms with Crippen LogP contribution in [0.3, 0.4) is 0 Å². The summed E-state index contributed by atoms with van der Waals surface area (Å²) in [4.78, 5) is 9.82. The minimum absolute atomic E-state index is 0. The van der Waals surface area contributed by atoms with Crippen LogP contribution >= 0.6 is 0 Å². The van der Waals surface area contributed by atoms with E-state index in [9.17, 15) is 4.79 Å². The van der Waals surface area contributed by atoms with Crippen molar-refractivity contribution in [3.8, 4) is 0 Å². The summed E-state index contributed by atoms with van der Waals surface area (Å²) in [6.07, 6.45) is 0. The zero-order chi connectivity index (χ0) is 4.99. The van der Waals surface area contributed by atoms with Gasteiger partial charge in [0.25, 0.3) is 0 Å². The van der Waals surface area contributed by atoms with Crippen LogP contribution in [0.25, 0.3) is 0 Å². The Morgan fingerprint density at radius 3 is 2.14 bits per heavy atom. The lowest BCUT2D eigenvalue weighted by molar-refractivity contribution is -0.140. The van der Waals surface area contributed by atoms with Crippen LogP contribution in [-0.2, 0) is 9.53 Å². The van der Waals surface area contributed by atoms with Crippen LogP contribution in [0.5, 0.6) is 0 Å². The molecule has 0 N–H and O–H groups in total. The first-order valence-electron chi connectivity index (χ1n) is 1.90. The summed E-state index contributed by atoms with van der Waals surface area (Å²) in [5.74, 6) is -0.211. The van der Waals surface area contributed by atoms with Crippen molar-refractivity contribution in [1.29, 1.82) is 0 Å². The summed E-state index contributed by atoms with van der Waals surface area (Å²) in [6.45, 7) is 3.65. The molecule has 44 valence electrons. The van der Waals surface area contributed by atoms with E-state index in [1.54, 1.807) is 6.92 Å². The monoisotopic (exact) mass is 123 g/mol. The van der Waals surface area contributed by atoms with Gasteiger partial charge < -0.3 is 17.1 Å². The molecule has 2 nitrogen and oxygen atoms in total. The molecule has 0 heterocycles. The summed E-state index contributed by atoms with van der Waals surface area (Å²) in [5, 5.41) is 0. The van der Waals surface area contributed by atoms with Crippen LogP contribution in [-0.4, -0.2) is 12.6 Å². The number of halogens is 1. The molecule has 0 spiro atoms. The maximum absolute atomic E-state index is 9.82. The number of rotatable bonds is 1. The SMILES string of the molecule is CCOC(C)=O.[Cl-]. The first-order chi connectivity index (χ1) is 2.77. The summed E-state index contributed by atoms with van der Waals surface area (Å²) in [6, 6.07) is 0. The Hall–Kier alpha value is -0.240. The fourth-order valence-electron chi connectivity index (χ4n) is 0.203. The molecule has 0 saturated heterocycles. The Labute approximate surface area is 49.3 Å². The van der Waals surface area contributed by atoms with Gasteiger partial charge in [0.05, 0.1) is 6.61 Å². The summed E-state index contributed by atoms with van der Waals surface area (Å²) < 4.78 is 4.40. The molecule has 0 radical (unpaired) electrons. The summed E-state index contributed by atoms with van der Waals surface area (Å²) in [7, 11) is 0. The predicted octanol–water partition coefficient (Wildman–Crippen LogP) is -2.43. The molecular weight excluding hydrogens is 115 g/mol. The minimum atomic E-state index is -0.211. The Morgan fingerprint density at radius 2 is 2.14 bits per heavy atom. The second kappa shape index (κ2) is 5.76. The average Bonchev–Trinajstić information content (AvgIpc) is 1.35. The van der Waals surface area contributed by atoms with Gasteiger partial charge >= 0.3 is 5.97 Å². The van der Waals surface area contributed by atoms with Crippen LogP contribution in [0.2, 0.25) is 0 Å². The molecule has 0 aromatic carbocycles. The highest BCUT2D eigenvalue weighted by molar-refractivity contribution is 5.65. The van der Waals surface area contributed by atoms with E-state index in [0.717, 1.165) is 0 Å². The first-order valence-corrected chi connectivity index (χ1v) is 1.90. The van der Waals surface area contributed by atoms with Gasteiger partial charge in [0, 0.05) is 6.92 Å². The number of hydrogen-bond acceptors (Lipinski definition) is 2. The second-order valence-electron chi connectivity index (χ2n) is 0.925. The van der Waals surface area contributed by atoms with E-state index in [1.807, 2.05) is 0 Å². The number of carbonyl (C=O) groups is 1. The largest absolute Gasteiger partial charge is 1.00 e. The van der Waals surface area contributed by atoms with E-state index < -0.39 is 0 Å². The fraction of sp³-hybridized carbons (Fsp3) is 0.750. The van der Waals surface area contributed by atoms with Crippen LogP contribution in [0, 0.1) is 0 Å². The Bertz CT molecular complexity index is 53.7. The molecule has 0 amide bonds. The molecule has 0 rings (SSSR count). The van der Waals surface area contributed by atoms with Gasteiger partial charge in [-0.1, -0.05) is 0 Å². The van der Waals surface area contributed by atoms with Crippen LogP contribution in [0.15, 0.2) is 0 Å². The number of ether oxygens (including phenoxy) is 1. The summed E-state index contributed by atoms with van der Waals surface area (Å²) >= 11 is 0. The molecule has 0 aromatic heterocycles. The molecule has 0 unspecified atom stereocenters. The van der Waals surface area contributed by atoms with E-state index in [2.05, 4.69) is 4.74 Å². The zero-order valence-corrected chi connectivity index (χ0v) is 5.16. The van der Waals surface area contributed by atoms with Gasteiger partial charge in [0.15, 0.2) is 0 Å². The molecule has 0 atom stereocenters. The fourth-order valence-corrected chi connectivity index (χ4v) is 0.203. The lowest BCUT2D eigenvalue weighted by Gasteiger charge is -1.89. The van der Waals surface area contributed by atoms with Gasteiger partial charge in [-0.2, -0.15) is 0 Å². The van der Waals surface area contributed by atoms with Crippen molar-refractivity contribution in [1.82, 2.24) is 0 Å². The Morgan fingerprint density at radius 1 is 1.71 bits per heavy atom. The maximum atomic E-state index is 9.82. The van der Waals surface area contributed by atoms with Crippen molar-refractivity contribution in [3.63, 3.8) is 0 Å². The van der Waals surface area contributed by atoms with Gasteiger partial charge in [-0.25, -0.2) is 0 Å². The third-order valence-electron chi connectivity index (χ3n) is 0.348. The van der Waals surface area contributed by atoms with Crippen molar-refractivity contribution in [2.24, 2.45) is 0 Å². The normalized spacial score (nSPS) is 6.57. The highest BCUT2D eigenvalue weighted by Gasteiger charge is 1.81. The molecule has 0 aliphatic rings. The first kappa shape index (κ1) is 9.90. The maximum Gasteiger partial charge on any atom is 0.302 e. The molecule has 0 aliphatic heterocycles. The van der Waals surface area contributed by atoms with Crippen LogP contribution in [0.1, 0.15) is 13.8 Å². The van der Waals surface area contributed by atoms with Crippen molar-refractivity contribution in [3.05, 3.63) is 0 Å². The highest BCUT2D eigenvalue weighted by Crippen LogP contribution is 1.69. The lowest BCUT2D eigenvalue weighted by atomic mass is 10.8. The average molecular weight is 124 g/mol. The van der Waals surface area contributed by atoms with Gasteiger partial charge in [-0.15, -0.1) is 0 Å². The van der Waals surface area contributed by atoms with Crippen molar-refractivity contribution in [2.45, 2.75) is 13.8 Å². The second-order valence-corrected chi connectivity index (χ2v) is 0.925. The smallest absolute Gasteiger partial charge is 0.302 e. The molecule has 0 aromatic rings. The van der Waals surface area contributed by atoms with Crippen LogP contribution < -0.4 is 12.4 Å². The molecule has 0 bridgehead atoms. The topological polar surface area (TPSA) is 26.3 Å². The third kappa shape index (κ3) is 10.7. The Balaban J connectivity index is 0. The standard InChI is InChI=1S/C4H8O2.ClH/c1-3-6-4(2)5;/h3H2,1-2H3;1H/p-1. The number of carbonyl (C=O) groups excluding carboxylic acids is 1. The van der Waals surface area contributed by atoms with E-state index in [-0.39, 0.29) is 18.4 Å². The number of hydrogen-bond donors (Lipinski definition) is 0. The molecule has 0 aliphatic carbocycles. The van der Waals surface area contributed by atoms with Gasteiger partial charge in [0.1, 0.15) is 0 Å². The van der Waals surface area contributed by atoms with Crippen molar-refractivity contribution in [2.75, 3.05) is 6.61 Å². The van der Waals surface area contributed by atoms with Crippen molar-refractivity contribution < 1.29 is 21.9 Å². The lowest BCUT2D eigenvalue weighted by Crippen LogP contribution is -3.00. The third-order valence-corrected chi connectivity index (χ3v) is 0.348. The van der Waals surface area contributed by atoms with Gasteiger partial charge in [0.2, 0.25) is 0 Å². The Kier molecular flexibility index (Phi) is 8.15. The van der Waals surface area contributed by atoms with E-state index in [4.69, 9.17) is 0 Å². The number of esters is 1. The molecule has 3 heteroatoms. The van der Waals surface area contributed by atoms with E-state index >= 15 is 0 Å². The molecule has 0 saturated carbocycles. The molecule has 0 fully saturated rings. The highest BCUT2D eigenvalue weighted by atomic mass is 35.5. The quantitative estimate of drug-likeness (QED) is 0.363.